The smallest absolute Gasteiger partial charge is 0.276 e. The van der Waals surface area contributed by atoms with E-state index in [4.69, 9.17) is 4.74 Å². The van der Waals surface area contributed by atoms with Crippen LogP contribution in [-0.4, -0.2) is 32.6 Å². The molecular formula is C17H17N3O3. The summed E-state index contributed by atoms with van der Waals surface area (Å²) >= 11 is 0. The maximum atomic E-state index is 12.3. The maximum absolute atomic E-state index is 12.3. The third-order valence-corrected chi connectivity index (χ3v) is 3.47. The van der Waals surface area contributed by atoms with Crippen LogP contribution in [-0.2, 0) is 6.54 Å². The number of hydrogen-bond donors (Lipinski definition) is 1. The standard InChI is InChI=1S/C17H17N3O3/c1-12-4-6-14(7-5-12)23-11-13(21)10-20-17(22)15-3-2-8-18-16(15)9-19-20/h2-9,13,21H,10-11H2,1H3. The summed E-state index contributed by atoms with van der Waals surface area (Å²) in [5.74, 6) is 0.678. The van der Waals surface area contributed by atoms with Gasteiger partial charge in [-0.3, -0.25) is 9.78 Å². The minimum absolute atomic E-state index is 0.0650. The second-order valence-corrected chi connectivity index (χ2v) is 5.35. The van der Waals surface area contributed by atoms with Gasteiger partial charge in [0.2, 0.25) is 0 Å². The highest BCUT2D eigenvalue weighted by molar-refractivity contribution is 5.75. The monoisotopic (exact) mass is 311 g/mol. The molecule has 1 unspecified atom stereocenters. The van der Waals surface area contributed by atoms with Gasteiger partial charge in [0.25, 0.3) is 5.56 Å². The van der Waals surface area contributed by atoms with E-state index in [1.54, 1.807) is 18.3 Å². The number of aryl methyl sites for hydroxylation is 1. The predicted octanol–water partition coefficient (Wildman–Crippen LogP) is 1.54. The molecule has 0 aliphatic heterocycles. The summed E-state index contributed by atoms with van der Waals surface area (Å²) in [6.45, 7) is 2.14. The van der Waals surface area contributed by atoms with Crippen molar-refractivity contribution in [2.75, 3.05) is 6.61 Å². The van der Waals surface area contributed by atoms with Gasteiger partial charge < -0.3 is 9.84 Å². The fourth-order valence-electron chi connectivity index (χ4n) is 2.23. The van der Waals surface area contributed by atoms with Crippen molar-refractivity contribution in [1.82, 2.24) is 14.8 Å². The Morgan fingerprint density at radius 3 is 2.83 bits per heavy atom. The summed E-state index contributed by atoms with van der Waals surface area (Å²) in [5.41, 5.74) is 1.41. The Balaban J connectivity index is 1.68. The lowest BCUT2D eigenvalue weighted by Gasteiger charge is -2.13. The van der Waals surface area contributed by atoms with Crippen molar-refractivity contribution in [1.29, 1.82) is 0 Å². The minimum Gasteiger partial charge on any atom is -0.491 e. The van der Waals surface area contributed by atoms with Gasteiger partial charge in [0.05, 0.1) is 23.6 Å². The molecule has 0 saturated carbocycles. The highest BCUT2D eigenvalue weighted by Crippen LogP contribution is 2.11. The first-order chi connectivity index (χ1) is 11.1. The van der Waals surface area contributed by atoms with Crippen LogP contribution < -0.4 is 10.3 Å². The molecule has 0 radical (unpaired) electrons. The highest BCUT2D eigenvalue weighted by Gasteiger charge is 2.11. The first-order valence-corrected chi connectivity index (χ1v) is 7.32. The summed E-state index contributed by atoms with van der Waals surface area (Å²) in [6.07, 6.45) is 2.29. The van der Waals surface area contributed by atoms with E-state index in [0.717, 1.165) is 5.56 Å². The van der Waals surface area contributed by atoms with Crippen LogP contribution in [0.25, 0.3) is 10.9 Å². The molecule has 0 saturated heterocycles. The van der Waals surface area contributed by atoms with Gasteiger partial charge in [-0.05, 0) is 31.2 Å². The Kier molecular flexibility index (Phi) is 4.34. The SMILES string of the molecule is Cc1ccc(OCC(O)Cn2ncc3ncccc3c2=O)cc1. The number of aliphatic hydroxyl groups is 1. The van der Waals surface area contributed by atoms with Crippen molar-refractivity contribution in [3.05, 3.63) is 64.7 Å². The molecule has 0 amide bonds. The number of nitrogens with zero attached hydrogens (tertiary/aromatic N) is 3. The zero-order valence-corrected chi connectivity index (χ0v) is 12.7. The molecule has 0 aliphatic rings. The molecule has 2 aromatic heterocycles. The number of rotatable bonds is 5. The Bertz CT molecular complexity index is 859. The molecule has 1 N–H and O–H groups in total. The summed E-state index contributed by atoms with van der Waals surface area (Å²) < 4.78 is 6.75. The van der Waals surface area contributed by atoms with Crippen LogP contribution in [0.15, 0.2) is 53.6 Å². The normalized spacial score (nSPS) is 12.3. The number of pyridine rings is 1. The quantitative estimate of drug-likeness (QED) is 0.773. The molecule has 23 heavy (non-hydrogen) atoms. The lowest BCUT2D eigenvalue weighted by Crippen LogP contribution is -2.31. The van der Waals surface area contributed by atoms with E-state index in [2.05, 4.69) is 10.1 Å². The first kappa shape index (κ1) is 15.2. The fraction of sp³-hybridized carbons (Fsp3) is 0.235. The lowest BCUT2D eigenvalue weighted by atomic mass is 10.2. The summed E-state index contributed by atoms with van der Waals surface area (Å²) in [7, 11) is 0. The Labute approximate surface area is 133 Å². The van der Waals surface area contributed by atoms with Crippen LogP contribution in [0.2, 0.25) is 0 Å². The topological polar surface area (TPSA) is 77.2 Å². The van der Waals surface area contributed by atoms with Crippen molar-refractivity contribution in [2.24, 2.45) is 0 Å². The number of aromatic nitrogens is 3. The van der Waals surface area contributed by atoms with Crippen molar-refractivity contribution in [2.45, 2.75) is 19.6 Å². The molecule has 0 aliphatic carbocycles. The van der Waals surface area contributed by atoms with Crippen LogP contribution in [0.3, 0.4) is 0 Å². The van der Waals surface area contributed by atoms with Crippen LogP contribution in [0.4, 0.5) is 0 Å². The molecule has 3 rings (SSSR count). The molecule has 6 nitrogen and oxygen atoms in total. The third-order valence-electron chi connectivity index (χ3n) is 3.47. The Morgan fingerprint density at radius 1 is 1.26 bits per heavy atom. The van der Waals surface area contributed by atoms with Crippen LogP contribution in [0.5, 0.6) is 5.75 Å². The average Bonchev–Trinajstić information content (AvgIpc) is 2.57. The van der Waals surface area contributed by atoms with Gasteiger partial charge in [0, 0.05) is 6.20 Å². The van der Waals surface area contributed by atoms with Crippen LogP contribution in [0, 0.1) is 6.92 Å². The lowest BCUT2D eigenvalue weighted by molar-refractivity contribution is 0.0881. The largest absolute Gasteiger partial charge is 0.491 e. The number of fused-ring (bicyclic) bond motifs is 1. The number of benzene rings is 1. The molecule has 0 fully saturated rings. The fourth-order valence-corrected chi connectivity index (χ4v) is 2.23. The van der Waals surface area contributed by atoms with Gasteiger partial charge in [-0.15, -0.1) is 0 Å². The maximum Gasteiger partial charge on any atom is 0.276 e. The van der Waals surface area contributed by atoms with Gasteiger partial charge in [-0.25, -0.2) is 4.68 Å². The Hall–Kier alpha value is -2.73. The van der Waals surface area contributed by atoms with Gasteiger partial charge in [-0.1, -0.05) is 17.7 Å². The molecule has 118 valence electrons. The van der Waals surface area contributed by atoms with Gasteiger partial charge >= 0.3 is 0 Å². The molecular weight excluding hydrogens is 294 g/mol. The minimum atomic E-state index is -0.837. The second-order valence-electron chi connectivity index (χ2n) is 5.35. The van der Waals surface area contributed by atoms with Crippen molar-refractivity contribution >= 4 is 10.9 Å². The molecule has 2 heterocycles. The van der Waals surface area contributed by atoms with E-state index in [1.807, 2.05) is 31.2 Å². The van der Waals surface area contributed by atoms with E-state index in [-0.39, 0.29) is 18.7 Å². The number of hydrogen-bond acceptors (Lipinski definition) is 5. The van der Waals surface area contributed by atoms with E-state index >= 15 is 0 Å². The van der Waals surface area contributed by atoms with Crippen LogP contribution >= 0.6 is 0 Å². The van der Waals surface area contributed by atoms with Gasteiger partial charge in [0.15, 0.2) is 0 Å². The summed E-state index contributed by atoms with van der Waals surface area (Å²) in [4.78, 5) is 16.4. The summed E-state index contributed by atoms with van der Waals surface area (Å²) in [6, 6.07) is 10.9. The number of aliphatic hydroxyl groups excluding tert-OH is 1. The Morgan fingerprint density at radius 2 is 2.04 bits per heavy atom. The average molecular weight is 311 g/mol. The van der Waals surface area contributed by atoms with E-state index in [9.17, 15) is 9.90 Å². The zero-order chi connectivity index (χ0) is 16.2. The van der Waals surface area contributed by atoms with Crippen molar-refractivity contribution < 1.29 is 9.84 Å². The zero-order valence-electron chi connectivity index (χ0n) is 12.7. The second kappa shape index (κ2) is 6.58. The van der Waals surface area contributed by atoms with E-state index < -0.39 is 6.10 Å². The first-order valence-electron chi connectivity index (χ1n) is 7.32. The molecule has 0 spiro atoms. The van der Waals surface area contributed by atoms with Gasteiger partial charge in [0.1, 0.15) is 18.5 Å². The van der Waals surface area contributed by atoms with Crippen LogP contribution in [0.1, 0.15) is 5.56 Å². The van der Waals surface area contributed by atoms with Crippen molar-refractivity contribution in [3.63, 3.8) is 0 Å². The summed E-state index contributed by atoms with van der Waals surface area (Å²) in [5, 5.41) is 14.6. The predicted molar refractivity (Wildman–Crippen MR) is 86.5 cm³/mol. The number of ether oxygens (including phenoxy) is 1. The molecule has 0 bridgehead atoms. The highest BCUT2D eigenvalue weighted by atomic mass is 16.5. The van der Waals surface area contributed by atoms with Gasteiger partial charge in [-0.2, -0.15) is 5.10 Å². The molecule has 1 aromatic carbocycles. The third kappa shape index (κ3) is 3.54. The van der Waals surface area contributed by atoms with E-state index in [0.29, 0.717) is 16.7 Å². The van der Waals surface area contributed by atoms with E-state index in [1.165, 1.54) is 10.9 Å². The molecule has 1 atom stereocenters. The molecule has 3 aromatic rings. The van der Waals surface area contributed by atoms with Crippen molar-refractivity contribution in [3.8, 4) is 5.75 Å². The molecule has 6 heteroatoms.